The predicted octanol–water partition coefficient (Wildman–Crippen LogP) is 2.18. The molecule has 0 aliphatic rings. The van der Waals surface area contributed by atoms with Crippen molar-refractivity contribution in [2.75, 3.05) is 33.4 Å². The van der Waals surface area contributed by atoms with Crippen LogP contribution < -0.4 is 0 Å². The van der Waals surface area contributed by atoms with Crippen LogP contribution in [0.25, 0.3) is 0 Å². The van der Waals surface area contributed by atoms with Gasteiger partial charge in [0.1, 0.15) is 0 Å². The minimum absolute atomic E-state index is 0.0177. The molecule has 0 aliphatic heterocycles. The lowest BCUT2D eigenvalue weighted by atomic mass is 10.2. The minimum Gasteiger partial charge on any atom is -0.394 e. The first-order chi connectivity index (χ1) is 8.56. The number of aliphatic hydroxyl groups excluding tert-OH is 1. The van der Waals surface area contributed by atoms with Gasteiger partial charge in [0.25, 0.3) is 5.91 Å². The molecule has 0 unspecified atom stereocenters. The molecule has 1 N–H and O–H groups in total. The number of hydrogen-bond donors (Lipinski definition) is 1. The molecule has 0 radical (unpaired) electrons. The molecule has 0 fully saturated rings. The van der Waals surface area contributed by atoms with Crippen LogP contribution in [0.4, 0.5) is 0 Å². The molecule has 6 heteroatoms. The van der Waals surface area contributed by atoms with Gasteiger partial charge in [-0.25, -0.2) is 0 Å². The van der Waals surface area contributed by atoms with Crippen molar-refractivity contribution < 1.29 is 14.6 Å². The van der Waals surface area contributed by atoms with Crippen LogP contribution in [-0.2, 0) is 4.74 Å². The van der Waals surface area contributed by atoms with Crippen LogP contribution in [0.1, 0.15) is 10.4 Å². The second kappa shape index (κ2) is 7.74. The first-order valence-corrected chi connectivity index (χ1v) is 6.62. The highest BCUT2D eigenvalue weighted by molar-refractivity contribution is 9.10. The number of carbonyl (C=O) groups is 1. The molecular formula is C12H15BrClNO3. The second-order valence-electron chi connectivity index (χ2n) is 3.69. The average molecular weight is 337 g/mol. The average Bonchev–Trinajstić information content (AvgIpc) is 2.33. The largest absolute Gasteiger partial charge is 0.394 e. The number of likely N-dealkylation sites (N-methyl/N-ethyl adjacent to an activating group) is 1. The maximum absolute atomic E-state index is 12.1. The van der Waals surface area contributed by atoms with Crippen LogP contribution in [0, 0.1) is 0 Å². The van der Waals surface area contributed by atoms with Gasteiger partial charge in [0.15, 0.2) is 0 Å². The molecule has 0 heterocycles. The van der Waals surface area contributed by atoms with Gasteiger partial charge in [0.2, 0.25) is 0 Å². The predicted molar refractivity (Wildman–Crippen MR) is 74.0 cm³/mol. The van der Waals surface area contributed by atoms with Crippen molar-refractivity contribution in [2.24, 2.45) is 0 Å². The molecule has 0 saturated heterocycles. The third-order valence-electron chi connectivity index (χ3n) is 2.31. The van der Waals surface area contributed by atoms with Crippen LogP contribution in [0.3, 0.4) is 0 Å². The number of hydrogen-bond acceptors (Lipinski definition) is 3. The first kappa shape index (κ1) is 15.4. The summed E-state index contributed by atoms with van der Waals surface area (Å²) < 4.78 is 5.94. The third kappa shape index (κ3) is 4.57. The normalized spacial score (nSPS) is 10.4. The number of rotatable bonds is 6. The summed E-state index contributed by atoms with van der Waals surface area (Å²) in [5.74, 6) is -0.153. The lowest BCUT2D eigenvalue weighted by Crippen LogP contribution is -2.30. The van der Waals surface area contributed by atoms with E-state index in [4.69, 9.17) is 21.4 Å². The van der Waals surface area contributed by atoms with Crippen LogP contribution in [0.15, 0.2) is 22.7 Å². The van der Waals surface area contributed by atoms with Gasteiger partial charge < -0.3 is 14.7 Å². The van der Waals surface area contributed by atoms with E-state index in [1.165, 1.54) is 4.90 Å². The number of benzene rings is 1. The quantitative estimate of drug-likeness (QED) is 0.810. The van der Waals surface area contributed by atoms with Gasteiger partial charge in [0.05, 0.1) is 30.4 Å². The summed E-state index contributed by atoms with van der Waals surface area (Å²) in [6.45, 7) is 1.10. The van der Waals surface area contributed by atoms with Gasteiger partial charge in [0, 0.05) is 18.1 Å². The fourth-order valence-electron chi connectivity index (χ4n) is 1.34. The van der Waals surface area contributed by atoms with Crippen molar-refractivity contribution in [1.82, 2.24) is 4.90 Å². The standard InChI is InChI=1S/C12H15BrClNO3/c1-15(4-6-18-7-5-16)12(17)10-3-2-9(13)8-11(10)14/h2-3,8,16H,4-7H2,1H3. The van der Waals surface area contributed by atoms with E-state index in [2.05, 4.69) is 15.9 Å². The van der Waals surface area contributed by atoms with Gasteiger partial charge in [-0.1, -0.05) is 27.5 Å². The Labute approximate surface area is 120 Å². The molecule has 4 nitrogen and oxygen atoms in total. The number of amides is 1. The van der Waals surface area contributed by atoms with Gasteiger partial charge in [-0.3, -0.25) is 4.79 Å². The molecule has 1 aromatic carbocycles. The molecule has 1 amide bonds. The fourth-order valence-corrected chi connectivity index (χ4v) is 2.09. The van der Waals surface area contributed by atoms with Gasteiger partial charge in [-0.15, -0.1) is 0 Å². The Morgan fingerprint density at radius 1 is 1.50 bits per heavy atom. The lowest BCUT2D eigenvalue weighted by Gasteiger charge is -2.17. The third-order valence-corrected chi connectivity index (χ3v) is 3.12. The van der Waals surface area contributed by atoms with Crippen molar-refractivity contribution in [3.8, 4) is 0 Å². The Bertz CT molecular complexity index is 414. The van der Waals surface area contributed by atoms with Crippen LogP contribution in [-0.4, -0.2) is 49.3 Å². The van der Waals surface area contributed by atoms with E-state index in [0.717, 1.165) is 4.47 Å². The minimum atomic E-state index is -0.153. The lowest BCUT2D eigenvalue weighted by molar-refractivity contribution is 0.0618. The zero-order valence-corrected chi connectivity index (χ0v) is 12.4. The molecular weight excluding hydrogens is 321 g/mol. The smallest absolute Gasteiger partial charge is 0.255 e. The monoisotopic (exact) mass is 335 g/mol. The highest BCUT2D eigenvalue weighted by Gasteiger charge is 2.14. The second-order valence-corrected chi connectivity index (χ2v) is 5.01. The molecule has 1 aromatic rings. The summed E-state index contributed by atoms with van der Waals surface area (Å²) in [4.78, 5) is 13.6. The Morgan fingerprint density at radius 2 is 2.22 bits per heavy atom. The fraction of sp³-hybridized carbons (Fsp3) is 0.417. The molecule has 0 atom stereocenters. The van der Waals surface area contributed by atoms with Crippen molar-refractivity contribution >= 4 is 33.4 Å². The van der Waals surface area contributed by atoms with Crippen molar-refractivity contribution in [2.45, 2.75) is 0 Å². The van der Waals surface area contributed by atoms with Crippen LogP contribution in [0.5, 0.6) is 0 Å². The summed E-state index contributed by atoms with van der Waals surface area (Å²) in [7, 11) is 1.68. The number of nitrogens with zero attached hydrogens (tertiary/aromatic N) is 1. The number of aliphatic hydroxyl groups is 1. The molecule has 0 saturated carbocycles. The van der Waals surface area contributed by atoms with E-state index < -0.39 is 0 Å². The molecule has 18 heavy (non-hydrogen) atoms. The Balaban J connectivity index is 2.57. The zero-order valence-electron chi connectivity index (χ0n) is 10.0. The van der Waals surface area contributed by atoms with E-state index >= 15 is 0 Å². The topological polar surface area (TPSA) is 49.8 Å². The number of halogens is 2. The molecule has 0 spiro atoms. The van der Waals surface area contributed by atoms with E-state index in [9.17, 15) is 4.79 Å². The number of ether oxygens (including phenoxy) is 1. The van der Waals surface area contributed by atoms with Crippen molar-refractivity contribution in [3.05, 3.63) is 33.3 Å². The van der Waals surface area contributed by atoms with E-state index in [1.807, 2.05) is 0 Å². The summed E-state index contributed by atoms with van der Waals surface area (Å²) >= 11 is 9.30. The highest BCUT2D eigenvalue weighted by atomic mass is 79.9. The van der Waals surface area contributed by atoms with E-state index in [-0.39, 0.29) is 19.1 Å². The Kier molecular flexibility index (Phi) is 6.63. The van der Waals surface area contributed by atoms with Gasteiger partial charge in [-0.05, 0) is 18.2 Å². The van der Waals surface area contributed by atoms with E-state index in [0.29, 0.717) is 23.7 Å². The molecule has 0 aliphatic carbocycles. The molecule has 100 valence electrons. The first-order valence-electron chi connectivity index (χ1n) is 5.45. The Morgan fingerprint density at radius 3 is 2.83 bits per heavy atom. The molecule has 0 bridgehead atoms. The van der Waals surface area contributed by atoms with Crippen molar-refractivity contribution in [3.63, 3.8) is 0 Å². The summed E-state index contributed by atoms with van der Waals surface area (Å²) in [5.41, 5.74) is 0.463. The summed E-state index contributed by atoms with van der Waals surface area (Å²) in [6.07, 6.45) is 0. The van der Waals surface area contributed by atoms with Gasteiger partial charge >= 0.3 is 0 Å². The SMILES string of the molecule is CN(CCOCCO)C(=O)c1ccc(Br)cc1Cl. The van der Waals surface area contributed by atoms with E-state index in [1.54, 1.807) is 25.2 Å². The molecule has 0 aromatic heterocycles. The summed E-state index contributed by atoms with van der Waals surface area (Å²) in [6, 6.07) is 5.14. The summed E-state index contributed by atoms with van der Waals surface area (Å²) in [5, 5.41) is 8.97. The van der Waals surface area contributed by atoms with Crippen LogP contribution in [0.2, 0.25) is 5.02 Å². The maximum atomic E-state index is 12.1. The molecule has 1 rings (SSSR count). The van der Waals surface area contributed by atoms with Crippen molar-refractivity contribution in [1.29, 1.82) is 0 Å². The number of carbonyl (C=O) groups excluding carboxylic acids is 1. The zero-order chi connectivity index (χ0) is 13.5. The highest BCUT2D eigenvalue weighted by Crippen LogP contribution is 2.22. The Hall–Kier alpha value is -0.620. The van der Waals surface area contributed by atoms with Crippen LogP contribution >= 0.6 is 27.5 Å². The maximum Gasteiger partial charge on any atom is 0.255 e. The van der Waals surface area contributed by atoms with Gasteiger partial charge in [-0.2, -0.15) is 0 Å².